The molecule has 0 fully saturated rings. The van der Waals surface area contributed by atoms with Gasteiger partial charge in [0.05, 0.1) is 22.7 Å². The van der Waals surface area contributed by atoms with Gasteiger partial charge in [-0.3, -0.25) is 4.79 Å². The highest BCUT2D eigenvalue weighted by Crippen LogP contribution is 2.39. The number of nitrogens with zero attached hydrogens (tertiary/aromatic N) is 2. The first-order valence-electron chi connectivity index (χ1n) is 10.6. The van der Waals surface area contributed by atoms with Crippen LogP contribution in [-0.4, -0.2) is 55.0 Å². The third kappa shape index (κ3) is 7.27. The van der Waals surface area contributed by atoms with Crippen LogP contribution in [0.4, 0.5) is 18.0 Å². The molecule has 0 saturated carbocycles. The average molecular weight is 548 g/mol. The predicted octanol–water partition coefficient (Wildman–Crippen LogP) is 4.43. The van der Waals surface area contributed by atoms with Crippen molar-refractivity contribution in [1.82, 2.24) is 9.80 Å². The molecule has 0 heterocycles. The van der Waals surface area contributed by atoms with Crippen molar-refractivity contribution in [2.75, 3.05) is 20.7 Å². The molecule has 0 N–H and O–H groups in total. The highest BCUT2D eigenvalue weighted by Gasteiger charge is 2.42. The van der Waals surface area contributed by atoms with Gasteiger partial charge in [-0.05, 0) is 30.2 Å². The number of carbonyl (C=O) groups is 3. The molecule has 0 unspecified atom stereocenters. The van der Waals surface area contributed by atoms with E-state index < -0.39 is 36.7 Å². The third-order valence-electron chi connectivity index (χ3n) is 5.67. The number of benzene rings is 2. The van der Waals surface area contributed by atoms with Crippen LogP contribution in [0.25, 0.3) is 0 Å². The van der Waals surface area contributed by atoms with E-state index in [4.69, 9.17) is 27.9 Å². The number of alkyl halides is 3. The summed E-state index contributed by atoms with van der Waals surface area (Å²) >= 11 is 12.2. The van der Waals surface area contributed by atoms with Crippen LogP contribution in [0.2, 0.25) is 10.0 Å². The van der Waals surface area contributed by atoms with Crippen molar-refractivity contribution >= 4 is 41.5 Å². The highest BCUT2D eigenvalue weighted by molar-refractivity contribution is 6.42. The van der Waals surface area contributed by atoms with Gasteiger partial charge in [0.2, 0.25) is 5.91 Å². The van der Waals surface area contributed by atoms with Crippen molar-refractivity contribution in [2.24, 2.45) is 0 Å². The van der Waals surface area contributed by atoms with E-state index in [2.05, 4.69) is 0 Å². The molecule has 0 aromatic heterocycles. The van der Waals surface area contributed by atoms with Crippen LogP contribution in [0.3, 0.4) is 0 Å². The number of methoxy groups -OCH3 is 1. The van der Waals surface area contributed by atoms with Gasteiger partial charge in [-0.2, -0.15) is 13.2 Å². The molecule has 2 rings (SSSR count). The Kier molecular flexibility index (Phi) is 10.0. The second-order valence-corrected chi connectivity index (χ2v) is 8.89. The number of amides is 2. The van der Waals surface area contributed by atoms with Crippen LogP contribution >= 0.6 is 23.2 Å². The summed E-state index contributed by atoms with van der Waals surface area (Å²) < 4.78 is 44.1. The SMILES string of the molecule is COc1ccccc1CN(C(=O)[O-])[C@](CCC=O)(CN(C)C(=O)CC(F)(F)F)c1ccc(Cl)c(Cl)c1. The predicted molar refractivity (Wildman–Crippen MR) is 126 cm³/mol. The molecule has 196 valence electrons. The van der Waals surface area contributed by atoms with Crippen molar-refractivity contribution in [3.05, 3.63) is 63.6 Å². The molecule has 7 nitrogen and oxygen atoms in total. The lowest BCUT2D eigenvalue weighted by Gasteiger charge is -2.48. The standard InChI is InChI=1S/C24H25Cl2F3N2O5/c1-30(21(33)13-24(27,28)29)15-23(10-5-11-32,17-8-9-18(25)19(26)12-17)31(22(34)35)14-16-6-3-4-7-20(16)36-2/h3-4,6-9,11-12H,5,10,13-15H2,1-2H3,(H,34,35)/p-1/t23-/m1/s1. The molecule has 12 heteroatoms. The van der Waals surface area contributed by atoms with E-state index >= 15 is 0 Å². The monoisotopic (exact) mass is 547 g/mol. The van der Waals surface area contributed by atoms with Crippen molar-refractivity contribution in [1.29, 1.82) is 0 Å². The molecule has 0 aliphatic heterocycles. The fraction of sp³-hybridized carbons (Fsp3) is 0.375. The Morgan fingerprint density at radius 3 is 2.33 bits per heavy atom. The molecule has 2 amide bonds. The van der Waals surface area contributed by atoms with E-state index in [-0.39, 0.29) is 35.0 Å². The van der Waals surface area contributed by atoms with Gasteiger partial charge in [-0.25, -0.2) is 0 Å². The molecule has 0 aliphatic rings. The highest BCUT2D eigenvalue weighted by atomic mass is 35.5. The van der Waals surface area contributed by atoms with Crippen molar-refractivity contribution in [3.8, 4) is 5.75 Å². The first kappa shape index (κ1) is 29.3. The quantitative estimate of drug-likeness (QED) is 0.388. The lowest BCUT2D eigenvalue weighted by atomic mass is 9.82. The number of para-hydroxylation sites is 1. The van der Waals surface area contributed by atoms with Gasteiger partial charge < -0.3 is 29.2 Å². The molecule has 0 aliphatic carbocycles. The molecule has 0 bridgehead atoms. The lowest BCUT2D eigenvalue weighted by molar-refractivity contribution is -0.274. The van der Waals surface area contributed by atoms with Crippen LogP contribution in [0.1, 0.15) is 30.4 Å². The van der Waals surface area contributed by atoms with Gasteiger partial charge >= 0.3 is 6.18 Å². The average Bonchev–Trinajstić information content (AvgIpc) is 2.81. The van der Waals surface area contributed by atoms with Crippen LogP contribution in [-0.2, 0) is 21.7 Å². The number of likely N-dealkylation sites (N-methyl/N-ethyl adjacent to an activating group) is 1. The van der Waals surface area contributed by atoms with E-state index in [1.165, 1.54) is 25.3 Å². The van der Waals surface area contributed by atoms with E-state index in [1.807, 2.05) is 0 Å². The third-order valence-corrected chi connectivity index (χ3v) is 6.41. The molecule has 0 radical (unpaired) electrons. The van der Waals surface area contributed by atoms with Gasteiger partial charge in [-0.1, -0.05) is 47.5 Å². The fourth-order valence-electron chi connectivity index (χ4n) is 3.96. The zero-order chi connectivity index (χ0) is 27.1. The molecule has 2 aromatic rings. The molecule has 1 atom stereocenters. The second-order valence-electron chi connectivity index (χ2n) is 8.07. The van der Waals surface area contributed by atoms with Gasteiger partial charge in [0.25, 0.3) is 0 Å². The Labute approximate surface area is 216 Å². The van der Waals surface area contributed by atoms with E-state index in [0.29, 0.717) is 17.6 Å². The summed E-state index contributed by atoms with van der Waals surface area (Å²) in [6, 6.07) is 10.7. The Morgan fingerprint density at radius 1 is 1.11 bits per heavy atom. The number of halogens is 5. The zero-order valence-electron chi connectivity index (χ0n) is 19.5. The summed E-state index contributed by atoms with van der Waals surface area (Å²) in [6.07, 6.45) is -8.04. The summed E-state index contributed by atoms with van der Waals surface area (Å²) in [5.41, 5.74) is -1.10. The van der Waals surface area contributed by atoms with Crippen molar-refractivity contribution < 1.29 is 37.4 Å². The van der Waals surface area contributed by atoms with E-state index in [1.54, 1.807) is 24.3 Å². The van der Waals surface area contributed by atoms with E-state index in [0.717, 1.165) is 16.8 Å². The maximum atomic E-state index is 12.9. The smallest absolute Gasteiger partial charge is 0.397 e. The zero-order valence-corrected chi connectivity index (χ0v) is 21.0. The largest absolute Gasteiger partial charge is 0.530 e. The Balaban J connectivity index is 2.72. The molecule has 0 saturated heterocycles. The second kappa shape index (κ2) is 12.3. The first-order chi connectivity index (χ1) is 16.8. The van der Waals surface area contributed by atoms with Gasteiger partial charge in [-0.15, -0.1) is 0 Å². The summed E-state index contributed by atoms with van der Waals surface area (Å²) in [4.78, 5) is 38.0. The van der Waals surface area contributed by atoms with Crippen LogP contribution in [0.15, 0.2) is 42.5 Å². The minimum Gasteiger partial charge on any atom is -0.530 e. The maximum absolute atomic E-state index is 12.9. The minimum atomic E-state index is -4.77. The number of aldehydes is 1. The van der Waals surface area contributed by atoms with Crippen molar-refractivity contribution in [2.45, 2.75) is 37.5 Å². The van der Waals surface area contributed by atoms with Gasteiger partial charge in [0.1, 0.15) is 24.5 Å². The minimum absolute atomic E-state index is 0.0458. The molecule has 36 heavy (non-hydrogen) atoms. The number of hydrogen-bond acceptors (Lipinski definition) is 5. The molecular weight excluding hydrogens is 524 g/mol. The number of hydrogen-bond donors (Lipinski definition) is 0. The van der Waals surface area contributed by atoms with Crippen LogP contribution in [0, 0.1) is 0 Å². The number of rotatable bonds is 11. The Hall–Kier alpha value is -2.98. The first-order valence-corrected chi connectivity index (χ1v) is 11.4. The number of carbonyl (C=O) groups excluding carboxylic acids is 3. The van der Waals surface area contributed by atoms with Crippen LogP contribution in [0.5, 0.6) is 5.75 Å². The summed E-state index contributed by atoms with van der Waals surface area (Å²) in [5.74, 6) is -0.933. The summed E-state index contributed by atoms with van der Waals surface area (Å²) in [7, 11) is 2.52. The number of carboxylic acid groups (broad SMARTS) is 1. The van der Waals surface area contributed by atoms with E-state index in [9.17, 15) is 32.7 Å². The summed E-state index contributed by atoms with van der Waals surface area (Å²) in [5, 5.41) is 12.8. The fourth-order valence-corrected chi connectivity index (χ4v) is 4.25. The molecular formula is C24H24Cl2F3N2O5-. The van der Waals surface area contributed by atoms with Crippen molar-refractivity contribution in [3.63, 3.8) is 0 Å². The summed E-state index contributed by atoms with van der Waals surface area (Å²) in [6.45, 7) is -0.858. The lowest BCUT2D eigenvalue weighted by Crippen LogP contribution is -2.59. The molecule has 0 spiro atoms. The number of ether oxygens (including phenoxy) is 1. The molecule has 2 aromatic carbocycles. The Morgan fingerprint density at radius 2 is 1.78 bits per heavy atom. The topological polar surface area (TPSA) is 90.0 Å². The van der Waals surface area contributed by atoms with Gasteiger partial charge in [0, 0.05) is 32.1 Å². The van der Waals surface area contributed by atoms with Crippen LogP contribution < -0.4 is 9.84 Å². The van der Waals surface area contributed by atoms with Gasteiger partial charge in [0.15, 0.2) is 0 Å². The maximum Gasteiger partial charge on any atom is 0.397 e. The Bertz CT molecular complexity index is 1100. The normalized spacial score (nSPS) is 13.0.